The van der Waals surface area contributed by atoms with Crippen molar-refractivity contribution in [2.45, 2.75) is 0 Å². The number of hydrogen-bond acceptors (Lipinski definition) is 5. The van der Waals surface area contributed by atoms with Crippen LogP contribution < -0.4 is 10.6 Å². The Morgan fingerprint density at radius 2 is 2.30 bits per heavy atom. The molecule has 1 saturated heterocycles. The van der Waals surface area contributed by atoms with Crippen molar-refractivity contribution < 1.29 is 9.72 Å². The number of nitrogens with zero attached hydrogens (tertiary/aromatic N) is 2. The van der Waals surface area contributed by atoms with Crippen molar-refractivity contribution in [1.29, 1.82) is 0 Å². The third-order valence-electron chi connectivity index (χ3n) is 3.03. The highest BCUT2D eigenvalue weighted by Crippen LogP contribution is 2.31. The molecule has 1 aromatic rings. The lowest BCUT2D eigenvalue weighted by molar-refractivity contribution is -0.383. The number of carbonyl (C=O) groups is 1. The van der Waals surface area contributed by atoms with Crippen LogP contribution in [0.25, 0.3) is 0 Å². The molecular weight excluding hydrogens is 284 g/mol. The first kappa shape index (κ1) is 14.5. The third-order valence-corrected chi connectivity index (χ3v) is 3.34. The number of halogens is 1. The number of benzene rings is 1. The molecule has 0 aromatic heterocycles. The Morgan fingerprint density at radius 1 is 1.50 bits per heavy atom. The SMILES string of the molecule is O=C1CN(CCNc2cccc(Cl)c2[N+](=O)[O-])CCN1. The number of nitrogens with one attached hydrogen (secondary N) is 2. The van der Waals surface area contributed by atoms with Gasteiger partial charge in [0, 0.05) is 26.2 Å². The largest absolute Gasteiger partial charge is 0.378 e. The molecule has 0 saturated carbocycles. The van der Waals surface area contributed by atoms with Gasteiger partial charge in [0.15, 0.2) is 0 Å². The zero-order chi connectivity index (χ0) is 14.5. The van der Waals surface area contributed by atoms with Gasteiger partial charge < -0.3 is 10.6 Å². The Kier molecular flexibility index (Phi) is 4.75. The minimum absolute atomic E-state index is 0.00462. The first-order chi connectivity index (χ1) is 9.58. The molecule has 0 unspecified atom stereocenters. The highest BCUT2D eigenvalue weighted by molar-refractivity contribution is 6.33. The normalized spacial score (nSPS) is 15.8. The summed E-state index contributed by atoms with van der Waals surface area (Å²) in [5.41, 5.74) is 0.273. The van der Waals surface area contributed by atoms with Gasteiger partial charge in [0.1, 0.15) is 10.7 Å². The van der Waals surface area contributed by atoms with Gasteiger partial charge in [-0.1, -0.05) is 17.7 Å². The highest BCUT2D eigenvalue weighted by atomic mass is 35.5. The standard InChI is InChI=1S/C12H15ClN4O3/c13-9-2-1-3-10(12(9)17(19)20)14-4-6-16-7-5-15-11(18)8-16/h1-3,14H,4-8H2,(H,15,18). The first-order valence-electron chi connectivity index (χ1n) is 6.24. The molecule has 0 spiro atoms. The van der Waals surface area contributed by atoms with Crippen molar-refractivity contribution in [1.82, 2.24) is 10.2 Å². The maximum Gasteiger partial charge on any atom is 0.310 e. The third kappa shape index (κ3) is 3.58. The van der Waals surface area contributed by atoms with Crippen molar-refractivity contribution >= 4 is 28.9 Å². The van der Waals surface area contributed by atoms with Gasteiger partial charge in [0.25, 0.3) is 0 Å². The Balaban J connectivity index is 1.92. The fourth-order valence-corrected chi connectivity index (χ4v) is 2.32. The van der Waals surface area contributed by atoms with E-state index >= 15 is 0 Å². The Labute approximate surface area is 121 Å². The molecule has 0 bridgehead atoms. The molecule has 1 aliphatic rings. The molecule has 7 nitrogen and oxygen atoms in total. The molecule has 108 valence electrons. The molecule has 0 atom stereocenters. The number of amides is 1. The van der Waals surface area contributed by atoms with Gasteiger partial charge in [0.2, 0.25) is 5.91 Å². The lowest BCUT2D eigenvalue weighted by atomic mass is 10.2. The van der Waals surface area contributed by atoms with Gasteiger partial charge in [-0.2, -0.15) is 0 Å². The van der Waals surface area contributed by atoms with Gasteiger partial charge in [0.05, 0.1) is 11.5 Å². The number of nitro benzene ring substituents is 1. The maximum atomic E-state index is 11.2. The van der Waals surface area contributed by atoms with Crippen LogP contribution in [-0.2, 0) is 4.79 Å². The van der Waals surface area contributed by atoms with Crippen LogP contribution >= 0.6 is 11.6 Å². The summed E-state index contributed by atoms with van der Waals surface area (Å²) in [5, 5.41) is 16.8. The quantitative estimate of drug-likeness (QED) is 0.627. The van der Waals surface area contributed by atoms with Crippen LogP contribution in [0, 0.1) is 10.1 Å². The van der Waals surface area contributed by atoms with Crippen LogP contribution in [0.4, 0.5) is 11.4 Å². The number of hydrogen-bond donors (Lipinski definition) is 2. The molecule has 0 aliphatic carbocycles. The van der Waals surface area contributed by atoms with E-state index in [-0.39, 0.29) is 16.6 Å². The minimum Gasteiger partial charge on any atom is -0.378 e. The molecule has 2 N–H and O–H groups in total. The van der Waals surface area contributed by atoms with Gasteiger partial charge in [-0.05, 0) is 12.1 Å². The molecule has 20 heavy (non-hydrogen) atoms. The molecule has 1 aliphatic heterocycles. The Bertz CT molecular complexity index is 523. The van der Waals surface area contributed by atoms with E-state index in [9.17, 15) is 14.9 Å². The van der Waals surface area contributed by atoms with E-state index in [0.717, 1.165) is 6.54 Å². The predicted octanol–water partition coefficient (Wildman–Crippen LogP) is 1.09. The van der Waals surface area contributed by atoms with E-state index in [1.54, 1.807) is 12.1 Å². The van der Waals surface area contributed by atoms with Crippen molar-refractivity contribution in [2.75, 3.05) is 38.0 Å². The fourth-order valence-electron chi connectivity index (χ4n) is 2.07. The topological polar surface area (TPSA) is 87.5 Å². The van der Waals surface area contributed by atoms with Crippen LogP contribution in [-0.4, -0.2) is 48.5 Å². The summed E-state index contributed by atoms with van der Waals surface area (Å²) in [5.74, 6) is 0.00462. The number of anilines is 1. The zero-order valence-electron chi connectivity index (χ0n) is 10.8. The summed E-state index contributed by atoms with van der Waals surface area (Å²) in [4.78, 5) is 23.7. The van der Waals surface area contributed by atoms with E-state index in [0.29, 0.717) is 31.9 Å². The van der Waals surface area contributed by atoms with Crippen molar-refractivity contribution in [3.8, 4) is 0 Å². The van der Waals surface area contributed by atoms with Crippen molar-refractivity contribution in [3.63, 3.8) is 0 Å². The lowest BCUT2D eigenvalue weighted by Crippen LogP contribution is -2.48. The molecular formula is C12H15ClN4O3. The molecule has 0 radical (unpaired) electrons. The number of para-hydroxylation sites is 1. The van der Waals surface area contributed by atoms with Gasteiger partial charge >= 0.3 is 5.69 Å². The summed E-state index contributed by atoms with van der Waals surface area (Å²) < 4.78 is 0. The second-order valence-electron chi connectivity index (χ2n) is 4.45. The van der Waals surface area contributed by atoms with Crippen molar-refractivity contribution in [3.05, 3.63) is 33.3 Å². The highest BCUT2D eigenvalue weighted by Gasteiger charge is 2.19. The second kappa shape index (κ2) is 6.53. The summed E-state index contributed by atoms with van der Waals surface area (Å²) in [6.45, 7) is 2.92. The Morgan fingerprint density at radius 3 is 3.00 bits per heavy atom. The van der Waals surface area contributed by atoms with E-state index in [2.05, 4.69) is 10.6 Å². The average molecular weight is 299 g/mol. The van der Waals surface area contributed by atoms with E-state index < -0.39 is 4.92 Å². The number of nitro groups is 1. The Hall–Kier alpha value is -1.86. The molecule has 2 rings (SSSR count). The van der Waals surface area contributed by atoms with Crippen LogP contribution in [0.5, 0.6) is 0 Å². The van der Waals surface area contributed by atoms with E-state index in [4.69, 9.17) is 11.6 Å². The van der Waals surface area contributed by atoms with Gasteiger partial charge in [-0.3, -0.25) is 19.8 Å². The smallest absolute Gasteiger partial charge is 0.310 e. The lowest BCUT2D eigenvalue weighted by Gasteiger charge is -2.26. The van der Waals surface area contributed by atoms with E-state index in [1.165, 1.54) is 6.07 Å². The fraction of sp³-hybridized carbons (Fsp3) is 0.417. The number of carbonyl (C=O) groups excluding carboxylic acids is 1. The average Bonchev–Trinajstić information content (AvgIpc) is 2.38. The molecule has 1 aromatic carbocycles. The molecule has 8 heteroatoms. The summed E-state index contributed by atoms with van der Waals surface area (Å²) >= 11 is 5.83. The van der Waals surface area contributed by atoms with Crippen LogP contribution in [0.15, 0.2) is 18.2 Å². The maximum absolute atomic E-state index is 11.2. The number of piperazine rings is 1. The second-order valence-corrected chi connectivity index (χ2v) is 4.85. The zero-order valence-corrected chi connectivity index (χ0v) is 11.5. The summed E-state index contributed by atoms with van der Waals surface area (Å²) in [6.07, 6.45) is 0. The molecule has 1 heterocycles. The monoisotopic (exact) mass is 298 g/mol. The first-order valence-corrected chi connectivity index (χ1v) is 6.61. The predicted molar refractivity (Wildman–Crippen MR) is 76.0 cm³/mol. The van der Waals surface area contributed by atoms with Crippen LogP contribution in [0.2, 0.25) is 5.02 Å². The van der Waals surface area contributed by atoms with Crippen LogP contribution in [0.1, 0.15) is 0 Å². The van der Waals surface area contributed by atoms with Gasteiger partial charge in [-0.15, -0.1) is 0 Å². The van der Waals surface area contributed by atoms with Crippen LogP contribution in [0.3, 0.4) is 0 Å². The van der Waals surface area contributed by atoms with Gasteiger partial charge in [-0.25, -0.2) is 0 Å². The summed E-state index contributed by atoms with van der Waals surface area (Å²) in [6, 6.07) is 4.76. The van der Waals surface area contributed by atoms with E-state index in [1.807, 2.05) is 4.90 Å². The molecule has 1 fully saturated rings. The minimum atomic E-state index is -0.501. The molecule has 1 amide bonds. The summed E-state index contributed by atoms with van der Waals surface area (Å²) in [7, 11) is 0. The van der Waals surface area contributed by atoms with Crippen molar-refractivity contribution in [2.24, 2.45) is 0 Å². The number of rotatable bonds is 5.